The minimum Gasteiger partial charge on any atom is -0.352 e. The first-order valence-electron chi connectivity index (χ1n) is 11.9. The monoisotopic (exact) mass is 471 g/mol. The van der Waals surface area contributed by atoms with Gasteiger partial charge < -0.3 is 20.5 Å². The maximum atomic E-state index is 12.9. The number of fused-ring (bicyclic) bond motifs is 1. The Kier molecular flexibility index (Phi) is 6.87. The van der Waals surface area contributed by atoms with Gasteiger partial charge in [-0.2, -0.15) is 5.26 Å². The molecule has 35 heavy (non-hydrogen) atoms. The molecule has 0 atom stereocenters. The van der Waals surface area contributed by atoms with Crippen LogP contribution in [-0.4, -0.2) is 35.3 Å². The van der Waals surface area contributed by atoms with Crippen molar-refractivity contribution in [3.8, 4) is 6.07 Å². The number of nitriles is 1. The first-order valence-corrected chi connectivity index (χ1v) is 11.9. The third kappa shape index (κ3) is 4.76. The summed E-state index contributed by atoms with van der Waals surface area (Å²) in [6.07, 6.45) is 6.09. The first-order chi connectivity index (χ1) is 16.9. The fourth-order valence-corrected chi connectivity index (χ4v) is 4.85. The molecular formula is C27H29N5O3. The van der Waals surface area contributed by atoms with E-state index >= 15 is 0 Å². The number of anilines is 2. The molecule has 0 spiro atoms. The molecule has 0 unspecified atom stereocenters. The topological polar surface area (TPSA) is 118 Å². The Morgan fingerprint density at radius 1 is 1.11 bits per heavy atom. The smallest absolute Gasteiger partial charge is 0.256 e. The van der Waals surface area contributed by atoms with Crippen LogP contribution in [0, 0.1) is 11.3 Å². The number of carbonyl (C=O) groups is 3. The molecule has 1 aromatic heterocycles. The molecule has 0 radical (unpaired) electrons. The van der Waals surface area contributed by atoms with Gasteiger partial charge in [-0.1, -0.05) is 19.3 Å². The van der Waals surface area contributed by atoms with Crippen LogP contribution in [0.3, 0.4) is 0 Å². The van der Waals surface area contributed by atoms with Crippen molar-refractivity contribution in [3.63, 3.8) is 0 Å². The number of hydrogen-bond acceptors (Lipinski definition) is 4. The number of hydrogen-bond donors (Lipinski definition) is 3. The summed E-state index contributed by atoms with van der Waals surface area (Å²) in [5, 5.41) is 15.2. The Balaban J connectivity index is 1.72. The predicted octanol–water partition coefficient (Wildman–Crippen LogP) is 4.73. The Bertz CT molecular complexity index is 1300. The lowest BCUT2D eigenvalue weighted by molar-refractivity contribution is -0.108. The molecule has 3 aromatic rings. The Labute approximate surface area is 204 Å². The molecule has 3 N–H and O–H groups in total. The second-order valence-corrected chi connectivity index (χ2v) is 9.14. The van der Waals surface area contributed by atoms with Crippen molar-refractivity contribution in [2.75, 3.05) is 16.8 Å². The van der Waals surface area contributed by atoms with Crippen LogP contribution in [-0.2, 0) is 4.79 Å². The fraction of sp³-hybridized carbons (Fsp3) is 0.333. The molecule has 4 rings (SSSR count). The highest BCUT2D eigenvalue weighted by Gasteiger charge is 2.34. The molecule has 2 aromatic carbocycles. The summed E-state index contributed by atoms with van der Waals surface area (Å²) < 4.78 is 0. The largest absolute Gasteiger partial charge is 0.352 e. The lowest BCUT2D eigenvalue weighted by Gasteiger charge is -2.42. The van der Waals surface area contributed by atoms with E-state index in [1.807, 2.05) is 31.2 Å². The van der Waals surface area contributed by atoms with Crippen molar-refractivity contribution in [3.05, 3.63) is 59.2 Å². The normalized spacial score (nSPS) is 14.7. The van der Waals surface area contributed by atoms with Gasteiger partial charge in [-0.25, -0.2) is 0 Å². The maximum Gasteiger partial charge on any atom is 0.256 e. The van der Waals surface area contributed by atoms with Gasteiger partial charge in [0.25, 0.3) is 11.8 Å². The van der Waals surface area contributed by atoms with Gasteiger partial charge in [0.05, 0.1) is 17.2 Å². The predicted molar refractivity (Wildman–Crippen MR) is 135 cm³/mol. The molecule has 1 aliphatic carbocycles. The molecule has 1 heterocycles. The number of benzene rings is 2. The molecule has 1 fully saturated rings. The SMILES string of the molecule is CCNC(=O)c1c(NC(=O)c2ccc(C#N)cc2)[nH]c2cc(N(C=O)C3(C)CCCCC3)ccc12. The highest BCUT2D eigenvalue weighted by Crippen LogP contribution is 2.37. The Morgan fingerprint density at radius 3 is 2.46 bits per heavy atom. The number of rotatable bonds is 7. The van der Waals surface area contributed by atoms with Gasteiger partial charge in [0.2, 0.25) is 6.41 Å². The van der Waals surface area contributed by atoms with Crippen LogP contribution in [0.4, 0.5) is 11.5 Å². The molecule has 1 saturated carbocycles. The van der Waals surface area contributed by atoms with Crippen molar-refractivity contribution in [2.45, 2.75) is 51.5 Å². The van der Waals surface area contributed by atoms with Crippen molar-refractivity contribution in [2.24, 2.45) is 0 Å². The van der Waals surface area contributed by atoms with E-state index in [0.29, 0.717) is 34.1 Å². The number of amides is 3. The summed E-state index contributed by atoms with van der Waals surface area (Å²) in [5.74, 6) is -0.442. The number of nitrogens with zero attached hydrogens (tertiary/aromatic N) is 2. The number of H-pyrrole nitrogens is 1. The van der Waals surface area contributed by atoms with E-state index in [9.17, 15) is 14.4 Å². The van der Waals surface area contributed by atoms with Crippen LogP contribution in [0.25, 0.3) is 10.9 Å². The minimum atomic E-state index is -0.406. The summed E-state index contributed by atoms with van der Waals surface area (Å²) >= 11 is 0. The molecule has 0 aliphatic heterocycles. The van der Waals surface area contributed by atoms with Crippen LogP contribution in [0.1, 0.15) is 72.2 Å². The fourth-order valence-electron chi connectivity index (χ4n) is 4.85. The molecule has 3 amide bonds. The average molecular weight is 472 g/mol. The van der Waals surface area contributed by atoms with Gasteiger partial charge >= 0.3 is 0 Å². The van der Waals surface area contributed by atoms with Crippen molar-refractivity contribution in [1.29, 1.82) is 5.26 Å². The van der Waals surface area contributed by atoms with E-state index < -0.39 is 5.91 Å². The third-order valence-electron chi connectivity index (χ3n) is 6.76. The molecule has 8 nitrogen and oxygen atoms in total. The van der Waals surface area contributed by atoms with Crippen molar-refractivity contribution >= 4 is 40.6 Å². The zero-order valence-electron chi connectivity index (χ0n) is 20.0. The molecular weight excluding hydrogens is 442 g/mol. The van der Waals surface area contributed by atoms with Crippen LogP contribution in [0.15, 0.2) is 42.5 Å². The minimum absolute atomic E-state index is 0.255. The zero-order valence-corrected chi connectivity index (χ0v) is 20.0. The van der Waals surface area contributed by atoms with Gasteiger partial charge in [0, 0.05) is 34.2 Å². The molecule has 180 valence electrons. The van der Waals surface area contributed by atoms with Gasteiger partial charge in [0.1, 0.15) is 5.82 Å². The summed E-state index contributed by atoms with van der Waals surface area (Å²) in [6, 6.07) is 13.8. The highest BCUT2D eigenvalue weighted by molar-refractivity contribution is 6.16. The Hall–Kier alpha value is -4.12. The summed E-state index contributed by atoms with van der Waals surface area (Å²) in [6.45, 7) is 4.37. The van der Waals surface area contributed by atoms with Gasteiger partial charge in [-0.05, 0) is 69.2 Å². The van der Waals surface area contributed by atoms with Crippen molar-refractivity contribution in [1.82, 2.24) is 10.3 Å². The van der Waals surface area contributed by atoms with E-state index in [0.717, 1.165) is 37.8 Å². The highest BCUT2D eigenvalue weighted by atomic mass is 16.2. The second-order valence-electron chi connectivity index (χ2n) is 9.14. The lowest BCUT2D eigenvalue weighted by Crippen LogP contribution is -2.47. The molecule has 0 saturated heterocycles. The average Bonchev–Trinajstić information content (AvgIpc) is 3.22. The van der Waals surface area contributed by atoms with Crippen LogP contribution in [0.5, 0.6) is 0 Å². The van der Waals surface area contributed by atoms with E-state index in [2.05, 4.69) is 22.5 Å². The standard InChI is InChI=1S/C27H29N5O3/c1-3-29-26(35)23-21-12-11-20(32(17-33)27(2)13-5-4-6-14-27)15-22(21)30-24(23)31-25(34)19-9-7-18(16-28)8-10-19/h7-12,15,17,30H,3-6,13-14H2,1-2H3,(H,29,35)(H,31,34). The molecule has 8 heteroatoms. The van der Waals surface area contributed by atoms with Gasteiger partial charge in [-0.15, -0.1) is 0 Å². The van der Waals surface area contributed by atoms with E-state index in [1.54, 1.807) is 29.2 Å². The number of nitrogens with one attached hydrogen (secondary N) is 3. The third-order valence-corrected chi connectivity index (χ3v) is 6.76. The van der Waals surface area contributed by atoms with Gasteiger partial charge in [-0.3, -0.25) is 14.4 Å². The summed E-state index contributed by atoms with van der Waals surface area (Å²) in [5.41, 5.74) is 2.28. The van der Waals surface area contributed by atoms with E-state index in [4.69, 9.17) is 5.26 Å². The number of aromatic amines is 1. The zero-order chi connectivity index (χ0) is 25.0. The summed E-state index contributed by atoms with van der Waals surface area (Å²) in [4.78, 5) is 42.9. The van der Waals surface area contributed by atoms with E-state index in [1.165, 1.54) is 6.42 Å². The Morgan fingerprint density at radius 2 is 1.83 bits per heavy atom. The van der Waals surface area contributed by atoms with Gasteiger partial charge in [0.15, 0.2) is 0 Å². The number of carbonyl (C=O) groups excluding carboxylic acids is 3. The maximum absolute atomic E-state index is 12.9. The number of aromatic nitrogens is 1. The van der Waals surface area contributed by atoms with Crippen molar-refractivity contribution < 1.29 is 14.4 Å². The van der Waals surface area contributed by atoms with Crippen LogP contribution >= 0.6 is 0 Å². The lowest BCUT2D eigenvalue weighted by atomic mass is 9.82. The second kappa shape index (κ2) is 10.0. The van der Waals surface area contributed by atoms with E-state index in [-0.39, 0.29) is 17.3 Å². The molecule has 1 aliphatic rings. The quantitative estimate of drug-likeness (QED) is 0.432. The first kappa shape index (κ1) is 24.0. The molecule has 0 bridgehead atoms. The van der Waals surface area contributed by atoms with Crippen LogP contribution < -0.4 is 15.5 Å². The van der Waals surface area contributed by atoms with Crippen LogP contribution in [0.2, 0.25) is 0 Å². The summed E-state index contributed by atoms with van der Waals surface area (Å²) in [7, 11) is 0.